The molecule has 0 aliphatic carbocycles. The fourth-order valence-electron chi connectivity index (χ4n) is 9.53. The maximum absolute atomic E-state index is 14.3. The molecule has 2 saturated heterocycles. The minimum absolute atomic E-state index is 0.0227. The Hall–Kier alpha value is -8.08. The van der Waals surface area contributed by atoms with Crippen molar-refractivity contribution in [1.82, 2.24) is 60.4 Å². The van der Waals surface area contributed by atoms with Crippen molar-refractivity contribution in [2.45, 2.75) is 110 Å². The maximum atomic E-state index is 14.3. The van der Waals surface area contributed by atoms with E-state index in [0.29, 0.717) is 36.5 Å². The number of aliphatic hydroxyl groups is 1. The molecule has 23 nitrogen and oxygen atoms in total. The number of allylic oxidation sites excluding steroid dienone is 1. The van der Waals surface area contributed by atoms with E-state index in [2.05, 4.69) is 36.2 Å². The van der Waals surface area contributed by atoms with Crippen molar-refractivity contribution in [2.75, 3.05) is 26.8 Å². The normalized spacial score (nSPS) is 19.3. The van der Waals surface area contributed by atoms with Crippen LogP contribution in [-0.4, -0.2) is 141 Å². The molecular weight excluding hydrogens is 955 g/mol. The molecule has 3 aromatic heterocycles. The van der Waals surface area contributed by atoms with Gasteiger partial charge in [0.1, 0.15) is 49.1 Å². The Kier molecular flexibility index (Phi) is 16.1. The first kappa shape index (κ1) is 52.2. The number of hydrogen-bond acceptors (Lipinski definition) is 16. The van der Waals surface area contributed by atoms with Crippen molar-refractivity contribution in [3.8, 4) is 22.4 Å². The van der Waals surface area contributed by atoms with E-state index in [1.54, 1.807) is 37.8 Å². The number of carbonyl (C=O) groups is 6. The number of aliphatic imine (C=N–C) groups is 1. The summed E-state index contributed by atoms with van der Waals surface area (Å²) in [4.78, 5) is 92.4. The van der Waals surface area contributed by atoms with E-state index < -0.39 is 54.7 Å². The Bertz CT molecular complexity index is 2920. The molecule has 3 aliphatic rings. The molecule has 8 rings (SSSR count). The molecule has 0 spiro atoms. The third kappa shape index (κ3) is 11.9. The van der Waals surface area contributed by atoms with E-state index in [9.17, 15) is 33.9 Å². The second kappa shape index (κ2) is 22.8. The summed E-state index contributed by atoms with van der Waals surface area (Å²) in [6.07, 6.45) is 7.68. The lowest BCUT2D eigenvalue weighted by Crippen LogP contribution is -2.53. The van der Waals surface area contributed by atoms with Gasteiger partial charge in [0.05, 0.1) is 55.6 Å². The van der Waals surface area contributed by atoms with E-state index in [1.165, 1.54) is 21.0 Å². The number of aromatic nitrogens is 8. The highest BCUT2D eigenvalue weighted by molar-refractivity contribution is 6.04. The number of H-pyrrole nitrogens is 1. The number of likely N-dealkylation sites (tertiary alicyclic amines) is 2. The van der Waals surface area contributed by atoms with Crippen LogP contribution in [-0.2, 0) is 51.4 Å². The molecule has 2 aromatic carbocycles. The molecule has 6 atom stereocenters. The summed E-state index contributed by atoms with van der Waals surface area (Å²) < 4.78 is 18.4. The van der Waals surface area contributed by atoms with Crippen molar-refractivity contribution < 1.29 is 48.1 Å². The standard InChI is InChI=1S/C51H61N13O10/c1-28(2)46(55-45(68)25-65)49(69)62-24-40(64-22-38(58-60-64)27-74-31(6)67)18-44(62)48-53-20-42(54-48)35-14-12-33(13-15-35)32-8-10-34(11-9-32)36-16-41(52-19-36)43-17-39(63-21-37(57-59-63)26-73-30(5)66)23-61(43)50(70)47(29(3)4)56-51(71)72-7/h8-15,19-22,28-29,39-40,43-44,46-47,65H,16-18,23-27H2,1-7H3,(H,53,54)(H,55,68)(H,56,71)/t39-,40-,43-,44-,46-,47-/m0/s1. The Balaban J connectivity index is 0.952. The number of nitrogens with one attached hydrogen (secondary N) is 3. The van der Waals surface area contributed by atoms with E-state index in [1.807, 2.05) is 82.4 Å². The van der Waals surface area contributed by atoms with Crippen LogP contribution in [0.2, 0.25) is 0 Å². The number of hydrogen-bond donors (Lipinski definition) is 4. The third-order valence-corrected chi connectivity index (χ3v) is 13.5. The number of benzene rings is 2. The Morgan fingerprint density at radius 3 is 1.73 bits per heavy atom. The number of carbonyl (C=O) groups excluding carboxylic acids is 6. The first-order valence-electron chi connectivity index (χ1n) is 24.5. The van der Waals surface area contributed by atoms with Crippen molar-refractivity contribution >= 4 is 47.0 Å². The molecule has 3 aliphatic heterocycles. The lowest BCUT2D eigenvalue weighted by molar-refractivity contribution is -0.143. The van der Waals surface area contributed by atoms with Gasteiger partial charge in [-0.2, -0.15) is 0 Å². The monoisotopic (exact) mass is 1020 g/mol. The lowest BCUT2D eigenvalue weighted by atomic mass is 9.95. The van der Waals surface area contributed by atoms with Gasteiger partial charge in [-0.05, 0) is 52.5 Å². The number of rotatable bonds is 18. The van der Waals surface area contributed by atoms with Crippen LogP contribution in [0.15, 0.2) is 78.3 Å². The van der Waals surface area contributed by atoms with Crippen LogP contribution < -0.4 is 10.6 Å². The molecule has 390 valence electrons. The van der Waals surface area contributed by atoms with Crippen molar-refractivity contribution in [3.63, 3.8) is 0 Å². The van der Waals surface area contributed by atoms with Gasteiger partial charge < -0.3 is 44.7 Å². The number of alkyl carbamates (subject to hydrolysis) is 1. The highest BCUT2D eigenvalue weighted by Gasteiger charge is 2.45. The topological polar surface area (TPSA) is 283 Å². The maximum Gasteiger partial charge on any atom is 0.407 e. The first-order chi connectivity index (χ1) is 35.5. The molecule has 0 bridgehead atoms. The van der Waals surface area contributed by atoms with Crippen LogP contribution in [0, 0.1) is 11.8 Å². The number of imidazole rings is 1. The highest BCUT2D eigenvalue weighted by atomic mass is 16.5. The molecule has 4 amide bonds. The van der Waals surface area contributed by atoms with Gasteiger partial charge in [0.15, 0.2) is 0 Å². The van der Waals surface area contributed by atoms with Crippen LogP contribution in [0.4, 0.5) is 4.79 Å². The predicted molar refractivity (Wildman–Crippen MR) is 266 cm³/mol. The highest BCUT2D eigenvalue weighted by Crippen LogP contribution is 2.39. The Morgan fingerprint density at radius 1 is 0.716 bits per heavy atom. The number of esters is 2. The molecule has 0 saturated carbocycles. The van der Waals surface area contributed by atoms with Crippen molar-refractivity contribution in [1.29, 1.82) is 0 Å². The van der Waals surface area contributed by atoms with Gasteiger partial charge in [0, 0.05) is 45.3 Å². The zero-order valence-corrected chi connectivity index (χ0v) is 42.3. The molecule has 23 heteroatoms. The zero-order chi connectivity index (χ0) is 52.8. The summed E-state index contributed by atoms with van der Waals surface area (Å²) in [6.45, 7) is 9.70. The van der Waals surface area contributed by atoms with Crippen LogP contribution in [0.1, 0.15) is 102 Å². The van der Waals surface area contributed by atoms with Crippen LogP contribution in [0.5, 0.6) is 0 Å². The molecule has 2 fully saturated rings. The zero-order valence-electron chi connectivity index (χ0n) is 42.3. The van der Waals surface area contributed by atoms with Gasteiger partial charge >= 0.3 is 18.0 Å². The summed E-state index contributed by atoms with van der Waals surface area (Å²) >= 11 is 0. The minimum atomic E-state index is -0.901. The molecule has 4 N–H and O–H groups in total. The van der Waals surface area contributed by atoms with Gasteiger partial charge in [-0.3, -0.25) is 29.0 Å². The largest absolute Gasteiger partial charge is 0.459 e. The van der Waals surface area contributed by atoms with Crippen LogP contribution in [0.25, 0.3) is 28.0 Å². The van der Waals surface area contributed by atoms with Gasteiger partial charge in [-0.25, -0.2) is 19.1 Å². The average molecular weight is 1020 g/mol. The predicted octanol–water partition coefficient (Wildman–Crippen LogP) is 4.11. The third-order valence-electron chi connectivity index (χ3n) is 13.5. The number of methoxy groups -OCH3 is 1. The molecule has 0 radical (unpaired) electrons. The lowest BCUT2D eigenvalue weighted by Gasteiger charge is -2.31. The number of aromatic amines is 1. The number of aliphatic hydroxyl groups excluding tert-OH is 1. The van der Waals surface area contributed by atoms with Crippen LogP contribution in [0.3, 0.4) is 0 Å². The summed E-state index contributed by atoms with van der Waals surface area (Å²) in [5.74, 6) is -2.10. The molecular formula is C51H61N13O10. The number of amides is 4. The fraction of sp³-hybridized carbons (Fsp3) is 0.451. The van der Waals surface area contributed by atoms with Crippen LogP contribution >= 0.6 is 0 Å². The molecule has 6 heterocycles. The minimum Gasteiger partial charge on any atom is -0.459 e. The first-order valence-corrected chi connectivity index (χ1v) is 24.5. The van der Waals surface area contributed by atoms with Gasteiger partial charge in [0.2, 0.25) is 17.7 Å². The number of ether oxygens (including phenoxy) is 3. The van der Waals surface area contributed by atoms with E-state index in [0.717, 1.165) is 39.2 Å². The Labute approximate surface area is 426 Å². The van der Waals surface area contributed by atoms with Gasteiger partial charge in [-0.1, -0.05) is 86.7 Å². The second-order valence-corrected chi connectivity index (χ2v) is 19.3. The van der Waals surface area contributed by atoms with Crippen molar-refractivity contribution in [2.24, 2.45) is 16.8 Å². The summed E-state index contributed by atoms with van der Waals surface area (Å²) in [5, 5.41) is 31.7. The summed E-state index contributed by atoms with van der Waals surface area (Å²) in [5.41, 5.74) is 7.27. The molecule has 5 aromatic rings. The molecule has 74 heavy (non-hydrogen) atoms. The number of nitrogens with zero attached hydrogens (tertiary/aromatic N) is 10. The smallest absolute Gasteiger partial charge is 0.407 e. The van der Waals surface area contributed by atoms with Crippen molar-refractivity contribution in [3.05, 3.63) is 96.1 Å². The molecule has 0 unspecified atom stereocenters. The summed E-state index contributed by atoms with van der Waals surface area (Å²) in [7, 11) is 1.26. The fourth-order valence-corrected chi connectivity index (χ4v) is 9.53. The Morgan fingerprint density at radius 2 is 1.22 bits per heavy atom. The average Bonchev–Trinajstić information content (AvgIpc) is 4.26. The van der Waals surface area contributed by atoms with Gasteiger partial charge in [0.25, 0.3) is 0 Å². The summed E-state index contributed by atoms with van der Waals surface area (Å²) in [6, 6.07) is 13.0. The second-order valence-electron chi connectivity index (χ2n) is 19.3. The quantitative estimate of drug-likeness (QED) is 0.0710. The SMILES string of the molecule is COC(=O)N[C@H](C(=O)N1C[C@@H](n2cc(COC(C)=O)nn2)C[C@H]1C1=NC=C(c2ccc(-c3ccc(-c4cnc([C@@H]5C[C@H](n6cc(COC(C)=O)nn6)CN5C(=O)[C@@H](NC(=O)CO)C(C)C)[nH]4)cc3)cc2)C1)C(C)C. The van der Waals surface area contributed by atoms with E-state index in [4.69, 9.17) is 24.2 Å². The van der Waals surface area contributed by atoms with E-state index in [-0.39, 0.29) is 62.0 Å². The van der Waals surface area contributed by atoms with Gasteiger partial charge in [-0.15, -0.1) is 10.2 Å². The van der Waals surface area contributed by atoms with E-state index >= 15 is 0 Å².